The Balaban J connectivity index is 1.46. The first-order chi connectivity index (χ1) is 15.2. The summed E-state index contributed by atoms with van der Waals surface area (Å²) in [5.74, 6) is 2.16. The van der Waals surface area contributed by atoms with E-state index in [1.165, 1.54) is 11.3 Å². The van der Waals surface area contributed by atoms with Crippen LogP contribution in [0.5, 0.6) is 11.5 Å². The summed E-state index contributed by atoms with van der Waals surface area (Å²) in [4.78, 5) is 0.697. The number of hydrogen-bond donors (Lipinski definition) is 1. The van der Waals surface area contributed by atoms with E-state index in [2.05, 4.69) is 27.0 Å². The molecule has 3 aromatic heterocycles. The summed E-state index contributed by atoms with van der Waals surface area (Å²) in [6.07, 6.45) is 1.71. The number of aromatic amines is 1. The Morgan fingerprint density at radius 1 is 1.06 bits per heavy atom. The van der Waals surface area contributed by atoms with Gasteiger partial charge in [-0.15, -0.1) is 10.2 Å². The molecule has 0 saturated carbocycles. The maximum Gasteiger partial charge on any atom is 0.235 e. The van der Waals surface area contributed by atoms with Crippen molar-refractivity contribution in [1.82, 2.24) is 30.0 Å². The molecule has 0 saturated heterocycles. The molecule has 0 spiro atoms. The van der Waals surface area contributed by atoms with Crippen molar-refractivity contribution in [2.24, 2.45) is 0 Å². The summed E-state index contributed by atoms with van der Waals surface area (Å²) in [7, 11) is 1.64. The SMILES string of the molecule is C=CCOc1cccc(-c2nn3c(-c4cc(-c5ccc(OC)cc5)n[nH]4)nnc3s2)c1. The zero-order chi connectivity index (χ0) is 21.2. The van der Waals surface area contributed by atoms with Crippen LogP contribution in [-0.2, 0) is 0 Å². The quantitative estimate of drug-likeness (QED) is 0.383. The molecule has 3 heterocycles. The van der Waals surface area contributed by atoms with E-state index < -0.39 is 0 Å². The predicted molar refractivity (Wildman–Crippen MR) is 119 cm³/mol. The lowest BCUT2D eigenvalue weighted by molar-refractivity contribution is 0.363. The van der Waals surface area contributed by atoms with Crippen molar-refractivity contribution in [2.45, 2.75) is 0 Å². The maximum absolute atomic E-state index is 5.63. The number of benzene rings is 2. The van der Waals surface area contributed by atoms with Gasteiger partial charge in [0.15, 0.2) is 0 Å². The van der Waals surface area contributed by atoms with Crippen LogP contribution in [0.25, 0.3) is 38.3 Å². The molecule has 0 aliphatic rings. The van der Waals surface area contributed by atoms with Gasteiger partial charge in [0.2, 0.25) is 10.8 Å². The van der Waals surface area contributed by atoms with Crippen LogP contribution in [0.4, 0.5) is 0 Å². The van der Waals surface area contributed by atoms with Crippen LogP contribution in [0, 0.1) is 0 Å². The van der Waals surface area contributed by atoms with Crippen LogP contribution >= 0.6 is 11.3 Å². The molecule has 0 amide bonds. The van der Waals surface area contributed by atoms with Crippen molar-refractivity contribution in [3.05, 3.63) is 67.3 Å². The zero-order valence-electron chi connectivity index (χ0n) is 16.6. The monoisotopic (exact) mass is 430 g/mol. The number of rotatable bonds is 7. The highest BCUT2D eigenvalue weighted by Gasteiger charge is 2.17. The van der Waals surface area contributed by atoms with E-state index in [-0.39, 0.29) is 0 Å². The van der Waals surface area contributed by atoms with E-state index in [1.807, 2.05) is 54.6 Å². The molecule has 154 valence electrons. The molecule has 8 nitrogen and oxygen atoms in total. The Morgan fingerprint density at radius 2 is 1.94 bits per heavy atom. The lowest BCUT2D eigenvalue weighted by Gasteiger charge is -2.03. The predicted octanol–water partition coefficient (Wildman–Crippen LogP) is 4.48. The van der Waals surface area contributed by atoms with E-state index in [0.29, 0.717) is 17.4 Å². The fourth-order valence-electron chi connectivity index (χ4n) is 3.12. The van der Waals surface area contributed by atoms with Gasteiger partial charge in [0.25, 0.3) is 0 Å². The Labute approximate surface area is 181 Å². The average Bonchev–Trinajstić information content (AvgIpc) is 3.54. The van der Waals surface area contributed by atoms with E-state index >= 15 is 0 Å². The van der Waals surface area contributed by atoms with Gasteiger partial charge >= 0.3 is 0 Å². The van der Waals surface area contributed by atoms with Crippen molar-refractivity contribution in [1.29, 1.82) is 0 Å². The van der Waals surface area contributed by atoms with Gasteiger partial charge in [-0.2, -0.15) is 14.7 Å². The standard InChI is InChI=1S/C22H18N6O2S/c1-3-11-30-17-6-4-5-15(12-17)21-27-28-20(25-26-22(28)31-21)19-13-18(23-24-19)14-7-9-16(29-2)10-8-14/h3-10,12-13H,1,11H2,2H3,(H,23,24). The third-order valence-corrected chi connectivity index (χ3v) is 5.59. The fourth-order valence-corrected chi connectivity index (χ4v) is 3.96. The first-order valence-corrected chi connectivity index (χ1v) is 10.3. The number of aromatic nitrogens is 6. The van der Waals surface area contributed by atoms with Gasteiger partial charge in [-0.25, -0.2) is 0 Å². The molecule has 2 aromatic carbocycles. The van der Waals surface area contributed by atoms with Crippen LogP contribution < -0.4 is 9.47 Å². The van der Waals surface area contributed by atoms with Crippen molar-refractivity contribution in [3.63, 3.8) is 0 Å². The lowest BCUT2D eigenvalue weighted by atomic mass is 10.1. The minimum absolute atomic E-state index is 0.453. The second-order valence-corrected chi connectivity index (χ2v) is 7.60. The van der Waals surface area contributed by atoms with Crippen LogP contribution in [0.3, 0.4) is 0 Å². The van der Waals surface area contributed by atoms with E-state index in [4.69, 9.17) is 14.6 Å². The zero-order valence-corrected chi connectivity index (χ0v) is 17.5. The Kier molecular flexibility index (Phi) is 4.93. The molecule has 5 rings (SSSR count). The fraction of sp³-hybridized carbons (Fsp3) is 0.0909. The van der Waals surface area contributed by atoms with Crippen molar-refractivity contribution < 1.29 is 9.47 Å². The molecule has 0 fully saturated rings. The third-order valence-electron chi connectivity index (χ3n) is 4.64. The van der Waals surface area contributed by atoms with E-state index in [1.54, 1.807) is 17.7 Å². The molecule has 0 aliphatic heterocycles. The van der Waals surface area contributed by atoms with Gasteiger partial charge in [-0.05, 0) is 42.5 Å². The van der Waals surface area contributed by atoms with Crippen LogP contribution in [-0.4, -0.2) is 43.7 Å². The Hall–Kier alpha value is -3.98. The molecule has 0 bridgehead atoms. The summed E-state index contributed by atoms with van der Waals surface area (Å²) in [5.41, 5.74) is 3.46. The highest BCUT2D eigenvalue weighted by atomic mass is 32.1. The lowest BCUT2D eigenvalue weighted by Crippen LogP contribution is -1.93. The molecular weight excluding hydrogens is 412 g/mol. The molecule has 0 unspecified atom stereocenters. The Bertz CT molecular complexity index is 1350. The molecule has 5 aromatic rings. The summed E-state index contributed by atoms with van der Waals surface area (Å²) in [6.45, 7) is 4.13. The van der Waals surface area contributed by atoms with Crippen LogP contribution in [0.2, 0.25) is 0 Å². The molecule has 0 atom stereocenters. The molecular formula is C22H18N6O2S. The molecule has 0 aliphatic carbocycles. The summed E-state index contributed by atoms with van der Waals surface area (Å²) < 4.78 is 12.6. The van der Waals surface area contributed by atoms with Crippen molar-refractivity contribution in [3.8, 4) is 44.8 Å². The maximum atomic E-state index is 5.63. The first-order valence-electron chi connectivity index (χ1n) is 9.52. The van der Waals surface area contributed by atoms with Crippen LogP contribution in [0.1, 0.15) is 0 Å². The van der Waals surface area contributed by atoms with Gasteiger partial charge in [-0.3, -0.25) is 5.10 Å². The second kappa shape index (κ2) is 8.04. The minimum atomic E-state index is 0.453. The van der Waals surface area contributed by atoms with Gasteiger partial charge < -0.3 is 9.47 Å². The van der Waals surface area contributed by atoms with Crippen LogP contribution in [0.15, 0.2) is 67.3 Å². The van der Waals surface area contributed by atoms with Gasteiger partial charge in [0, 0.05) is 11.1 Å². The number of H-pyrrole nitrogens is 1. The minimum Gasteiger partial charge on any atom is -0.497 e. The normalized spacial score (nSPS) is 11.0. The van der Waals surface area contributed by atoms with Crippen molar-refractivity contribution >= 4 is 16.3 Å². The highest BCUT2D eigenvalue weighted by molar-refractivity contribution is 7.19. The number of nitrogens with one attached hydrogen (secondary N) is 1. The number of hydrogen-bond acceptors (Lipinski definition) is 7. The molecule has 31 heavy (non-hydrogen) atoms. The number of fused-ring (bicyclic) bond motifs is 1. The molecule has 1 N–H and O–H groups in total. The highest BCUT2D eigenvalue weighted by Crippen LogP contribution is 2.30. The van der Waals surface area contributed by atoms with Crippen molar-refractivity contribution in [2.75, 3.05) is 13.7 Å². The summed E-state index contributed by atoms with van der Waals surface area (Å²) in [6, 6.07) is 17.4. The second-order valence-electron chi connectivity index (χ2n) is 6.65. The molecule has 9 heteroatoms. The molecule has 0 radical (unpaired) electrons. The van der Waals surface area contributed by atoms with Gasteiger partial charge in [0.1, 0.15) is 28.8 Å². The number of methoxy groups -OCH3 is 1. The Morgan fingerprint density at radius 3 is 2.74 bits per heavy atom. The first kappa shape index (κ1) is 19.0. The topological polar surface area (TPSA) is 90.2 Å². The summed E-state index contributed by atoms with van der Waals surface area (Å²) >= 11 is 1.46. The van der Waals surface area contributed by atoms with E-state index in [9.17, 15) is 0 Å². The number of ether oxygens (including phenoxy) is 2. The third kappa shape index (κ3) is 3.66. The number of nitrogens with zero attached hydrogens (tertiary/aromatic N) is 5. The average molecular weight is 430 g/mol. The summed E-state index contributed by atoms with van der Waals surface area (Å²) in [5, 5.41) is 21.6. The smallest absolute Gasteiger partial charge is 0.235 e. The van der Waals surface area contributed by atoms with Gasteiger partial charge in [-0.1, -0.05) is 36.1 Å². The largest absolute Gasteiger partial charge is 0.497 e. The van der Waals surface area contributed by atoms with E-state index in [0.717, 1.165) is 39.0 Å². The van der Waals surface area contributed by atoms with Gasteiger partial charge in [0.05, 0.1) is 12.8 Å².